The summed E-state index contributed by atoms with van der Waals surface area (Å²) in [5.74, 6) is -0.174. The molecule has 0 radical (unpaired) electrons. The molecule has 1 aromatic heterocycles. The highest BCUT2D eigenvalue weighted by molar-refractivity contribution is 6.07. The fraction of sp³-hybridized carbons (Fsp3) is 0.148. The lowest BCUT2D eigenvalue weighted by Gasteiger charge is -2.11. The largest absolute Gasteiger partial charge is 0.348 e. The maximum Gasteiger partial charge on any atom is 0.252 e. The molecule has 0 saturated carbocycles. The Morgan fingerprint density at radius 1 is 0.906 bits per heavy atom. The smallest absolute Gasteiger partial charge is 0.252 e. The zero-order chi connectivity index (χ0) is 22.5. The zero-order valence-electron chi connectivity index (χ0n) is 18.2. The van der Waals surface area contributed by atoms with Crippen molar-refractivity contribution < 1.29 is 9.59 Å². The Kier molecular flexibility index (Phi) is 6.26. The Balaban J connectivity index is 1.64. The van der Waals surface area contributed by atoms with Gasteiger partial charge in [0.25, 0.3) is 5.91 Å². The molecule has 1 heterocycles. The summed E-state index contributed by atoms with van der Waals surface area (Å²) in [6.07, 6.45) is 0.426. The van der Waals surface area contributed by atoms with Gasteiger partial charge in [-0.1, -0.05) is 67.1 Å². The quantitative estimate of drug-likeness (QED) is 0.431. The van der Waals surface area contributed by atoms with Crippen LogP contribution in [-0.4, -0.2) is 16.8 Å². The summed E-state index contributed by atoms with van der Waals surface area (Å²) < 4.78 is 0. The van der Waals surface area contributed by atoms with Gasteiger partial charge in [-0.05, 0) is 36.8 Å². The van der Waals surface area contributed by atoms with Crippen LogP contribution in [0.4, 0.5) is 5.69 Å². The number of para-hydroxylation sites is 1. The number of nitrogens with zero attached hydrogens (tertiary/aromatic N) is 1. The molecule has 0 fully saturated rings. The number of rotatable bonds is 6. The first-order valence-electron chi connectivity index (χ1n) is 10.7. The van der Waals surface area contributed by atoms with Crippen molar-refractivity contribution in [2.45, 2.75) is 26.8 Å². The molecule has 5 nitrogen and oxygen atoms in total. The van der Waals surface area contributed by atoms with E-state index >= 15 is 0 Å². The highest BCUT2D eigenvalue weighted by atomic mass is 16.2. The SMILES string of the molecule is CCC(=O)Nc1ccc(-c2cc(C(=O)NCc3cccc(C)c3)c3ccccc3n2)cc1. The fourth-order valence-corrected chi connectivity index (χ4v) is 3.58. The molecule has 160 valence electrons. The first-order valence-corrected chi connectivity index (χ1v) is 10.7. The van der Waals surface area contributed by atoms with Gasteiger partial charge in [0, 0.05) is 29.6 Å². The second kappa shape index (κ2) is 9.43. The van der Waals surface area contributed by atoms with E-state index in [0.717, 1.165) is 33.3 Å². The molecule has 0 aliphatic heterocycles. The van der Waals surface area contributed by atoms with Crippen LogP contribution in [0.3, 0.4) is 0 Å². The van der Waals surface area contributed by atoms with Gasteiger partial charge in [0.2, 0.25) is 5.91 Å². The molecule has 4 rings (SSSR count). The number of nitrogens with one attached hydrogen (secondary N) is 2. The van der Waals surface area contributed by atoms with E-state index in [4.69, 9.17) is 4.98 Å². The maximum absolute atomic E-state index is 13.1. The van der Waals surface area contributed by atoms with Gasteiger partial charge >= 0.3 is 0 Å². The summed E-state index contributed by atoms with van der Waals surface area (Å²) in [5, 5.41) is 6.69. The molecule has 0 spiro atoms. The van der Waals surface area contributed by atoms with E-state index in [1.54, 1.807) is 0 Å². The third-order valence-electron chi connectivity index (χ3n) is 5.28. The van der Waals surface area contributed by atoms with Crippen LogP contribution in [0, 0.1) is 6.92 Å². The number of anilines is 1. The lowest BCUT2D eigenvalue weighted by Crippen LogP contribution is -2.23. The Bertz CT molecular complexity index is 1280. The van der Waals surface area contributed by atoms with Crippen LogP contribution in [0.25, 0.3) is 22.2 Å². The predicted molar refractivity (Wildman–Crippen MR) is 128 cm³/mol. The Hall–Kier alpha value is -3.99. The van der Waals surface area contributed by atoms with E-state index < -0.39 is 0 Å². The molecule has 0 aliphatic rings. The highest BCUT2D eigenvalue weighted by Crippen LogP contribution is 2.26. The van der Waals surface area contributed by atoms with E-state index in [2.05, 4.69) is 16.7 Å². The Morgan fingerprint density at radius 3 is 2.44 bits per heavy atom. The van der Waals surface area contributed by atoms with Crippen LogP contribution >= 0.6 is 0 Å². The summed E-state index contributed by atoms with van der Waals surface area (Å²) in [4.78, 5) is 29.5. The van der Waals surface area contributed by atoms with E-state index in [1.807, 2.05) is 86.6 Å². The lowest BCUT2D eigenvalue weighted by molar-refractivity contribution is -0.115. The van der Waals surface area contributed by atoms with Crippen molar-refractivity contribution in [3.8, 4) is 11.3 Å². The van der Waals surface area contributed by atoms with Crippen LogP contribution in [0.2, 0.25) is 0 Å². The molecule has 0 unspecified atom stereocenters. The van der Waals surface area contributed by atoms with Gasteiger partial charge in [-0.15, -0.1) is 0 Å². The van der Waals surface area contributed by atoms with Crippen LogP contribution in [0.15, 0.2) is 78.9 Å². The number of hydrogen-bond acceptors (Lipinski definition) is 3. The Morgan fingerprint density at radius 2 is 1.69 bits per heavy atom. The number of carbonyl (C=O) groups excluding carboxylic acids is 2. The first kappa shape index (κ1) is 21.2. The van der Waals surface area contributed by atoms with Gasteiger partial charge in [-0.25, -0.2) is 4.98 Å². The van der Waals surface area contributed by atoms with Gasteiger partial charge in [0.1, 0.15) is 0 Å². The van der Waals surface area contributed by atoms with E-state index in [-0.39, 0.29) is 11.8 Å². The van der Waals surface area contributed by atoms with Crippen molar-refractivity contribution in [2.75, 3.05) is 5.32 Å². The topological polar surface area (TPSA) is 71.1 Å². The predicted octanol–water partition coefficient (Wildman–Crippen LogP) is 5.49. The monoisotopic (exact) mass is 423 g/mol. The molecule has 5 heteroatoms. The summed E-state index contributed by atoms with van der Waals surface area (Å²) in [7, 11) is 0. The number of hydrogen-bond donors (Lipinski definition) is 2. The fourth-order valence-electron chi connectivity index (χ4n) is 3.58. The number of amides is 2. The van der Waals surface area contributed by atoms with Crippen LogP contribution < -0.4 is 10.6 Å². The van der Waals surface area contributed by atoms with Crippen LogP contribution in [0.1, 0.15) is 34.8 Å². The standard InChI is InChI=1S/C27H25N3O2/c1-3-26(31)29-21-13-11-20(12-14-21)25-16-23(22-9-4-5-10-24(22)30-25)27(32)28-17-19-8-6-7-18(2)15-19/h4-16H,3,17H2,1-2H3,(H,28,32)(H,29,31). The molecule has 3 aromatic carbocycles. The van der Waals surface area contributed by atoms with Gasteiger partial charge in [-0.2, -0.15) is 0 Å². The van der Waals surface area contributed by atoms with Crippen LogP contribution in [0.5, 0.6) is 0 Å². The molecule has 4 aromatic rings. The van der Waals surface area contributed by atoms with Crippen molar-refractivity contribution in [1.29, 1.82) is 0 Å². The van der Waals surface area contributed by atoms with Crippen molar-refractivity contribution >= 4 is 28.4 Å². The average Bonchev–Trinajstić information content (AvgIpc) is 2.82. The number of pyridine rings is 1. The Labute approximate surface area is 187 Å². The summed E-state index contributed by atoms with van der Waals surface area (Å²) in [6, 6.07) is 25.1. The number of aromatic nitrogens is 1. The maximum atomic E-state index is 13.1. The highest BCUT2D eigenvalue weighted by Gasteiger charge is 2.14. The second-order valence-electron chi connectivity index (χ2n) is 7.72. The van der Waals surface area contributed by atoms with Crippen LogP contribution in [-0.2, 0) is 11.3 Å². The number of carbonyl (C=O) groups is 2. The van der Waals surface area contributed by atoms with E-state index in [9.17, 15) is 9.59 Å². The van der Waals surface area contributed by atoms with E-state index in [1.165, 1.54) is 0 Å². The minimum Gasteiger partial charge on any atom is -0.348 e. The molecule has 0 bridgehead atoms. The molecule has 2 amide bonds. The van der Waals surface area contributed by atoms with Gasteiger partial charge < -0.3 is 10.6 Å². The molecule has 2 N–H and O–H groups in total. The number of aryl methyl sites for hydroxylation is 1. The number of benzene rings is 3. The minimum atomic E-state index is -0.141. The van der Waals surface area contributed by atoms with E-state index in [0.29, 0.717) is 24.2 Å². The molecular formula is C27H25N3O2. The molecule has 0 aliphatic carbocycles. The normalized spacial score (nSPS) is 10.7. The van der Waals surface area contributed by atoms with Gasteiger partial charge in [0.15, 0.2) is 0 Å². The summed E-state index contributed by atoms with van der Waals surface area (Å²) >= 11 is 0. The van der Waals surface area contributed by atoms with Crippen molar-refractivity contribution in [2.24, 2.45) is 0 Å². The van der Waals surface area contributed by atoms with Crippen molar-refractivity contribution in [3.05, 3.63) is 95.6 Å². The molecule has 32 heavy (non-hydrogen) atoms. The third-order valence-corrected chi connectivity index (χ3v) is 5.28. The molecule has 0 atom stereocenters. The minimum absolute atomic E-state index is 0.0332. The molecular weight excluding hydrogens is 398 g/mol. The molecule has 0 saturated heterocycles. The lowest BCUT2D eigenvalue weighted by atomic mass is 10.0. The zero-order valence-corrected chi connectivity index (χ0v) is 18.2. The second-order valence-corrected chi connectivity index (χ2v) is 7.72. The first-order chi connectivity index (χ1) is 15.5. The van der Waals surface area contributed by atoms with Crippen molar-refractivity contribution in [1.82, 2.24) is 10.3 Å². The van der Waals surface area contributed by atoms with Gasteiger partial charge in [-0.3, -0.25) is 9.59 Å². The van der Waals surface area contributed by atoms with Gasteiger partial charge in [0.05, 0.1) is 16.8 Å². The summed E-state index contributed by atoms with van der Waals surface area (Å²) in [5.41, 5.74) is 5.87. The average molecular weight is 424 g/mol. The van der Waals surface area contributed by atoms with Crippen molar-refractivity contribution in [3.63, 3.8) is 0 Å². The summed E-state index contributed by atoms with van der Waals surface area (Å²) in [6.45, 7) is 4.31. The number of fused-ring (bicyclic) bond motifs is 1. The third kappa shape index (κ3) is 4.83.